The van der Waals surface area contributed by atoms with E-state index in [1.54, 1.807) is 30.5 Å². The van der Waals surface area contributed by atoms with E-state index in [0.29, 0.717) is 11.3 Å². The fourth-order valence-corrected chi connectivity index (χ4v) is 1.75. The molecule has 0 saturated carbocycles. The minimum Gasteiger partial charge on any atom is -0.330 e. The molecule has 1 aromatic carbocycles. The van der Waals surface area contributed by atoms with E-state index in [9.17, 15) is 4.79 Å². The molecule has 2 aromatic rings. The maximum atomic E-state index is 11.9. The third-order valence-electron chi connectivity index (χ3n) is 2.77. The molecule has 0 aliphatic heterocycles. The summed E-state index contributed by atoms with van der Waals surface area (Å²) in [4.78, 5) is 16.1. The zero-order valence-electron chi connectivity index (χ0n) is 11.0. The van der Waals surface area contributed by atoms with Crippen molar-refractivity contribution in [3.05, 3.63) is 59.9 Å². The monoisotopic (exact) mass is 266 g/mol. The molecule has 0 aliphatic carbocycles. The minimum absolute atomic E-state index is 0.217. The van der Waals surface area contributed by atoms with Crippen molar-refractivity contribution in [3.8, 4) is 6.07 Å². The summed E-state index contributed by atoms with van der Waals surface area (Å²) in [7, 11) is 0. The maximum Gasteiger partial charge on any atom is 0.319 e. The maximum absolute atomic E-state index is 11.9. The first-order chi connectivity index (χ1) is 9.70. The fraction of sp³-hybridized carbons (Fsp3) is 0.133. The van der Waals surface area contributed by atoms with Crippen LogP contribution in [0, 0.1) is 11.3 Å². The highest BCUT2D eigenvalue weighted by Crippen LogP contribution is 2.14. The number of urea groups is 1. The fourth-order valence-electron chi connectivity index (χ4n) is 1.75. The Labute approximate surface area is 117 Å². The second-order valence-electron chi connectivity index (χ2n) is 4.23. The number of aromatic nitrogens is 1. The van der Waals surface area contributed by atoms with Gasteiger partial charge >= 0.3 is 6.03 Å². The van der Waals surface area contributed by atoms with Crippen molar-refractivity contribution in [2.24, 2.45) is 0 Å². The topological polar surface area (TPSA) is 77.8 Å². The van der Waals surface area contributed by atoms with Crippen LogP contribution in [-0.4, -0.2) is 11.0 Å². The first kappa shape index (κ1) is 13.6. The molecule has 1 unspecified atom stereocenters. The zero-order chi connectivity index (χ0) is 14.4. The molecule has 5 nitrogen and oxygen atoms in total. The van der Waals surface area contributed by atoms with E-state index in [0.717, 1.165) is 5.69 Å². The standard InChI is InChI=1S/C15H14N4O/c1-11(13-7-4-5-9-17-13)18-15(20)19-14-8-3-2-6-12(14)10-16/h2-9,11H,1H3,(H2,18,19,20). The number of carbonyl (C=O) groups excluding carboxylic acids is 1. The van der Waals surface area contributed by atoms with Gasteiger partial charge in [-0.1, -0.05) is 18.2 Å². The van der Waals surface area contributed by atoms with Crippen molar-refractivity contribution < 1.29 is 4.79 Å². The number of rotatable bonds is 3. The highest BCUT2D eigenvalue weighted by Gasteiger charge is 2.11. The van der Waals surface area contributed by atoms with Gasteiger partial charge in [-0.3, -0.25) is 4.98 Å². The molecule has 2 amide bonds. The van der Waals surface area contributed by atoms with E-state index in [2.05, 4.69) is 15.6 Å². The summed E-state index contributed by atoms with van der Waals surface area (Å²) < 4.78 is 0. The molecule has 0 spiro atoms. The summed E-state index contributed by atoms with van der Waals surface area (Å²) >= 11 is 0. The van der Waals surface area contributed by atoms with E-state index in [1.165, 1.54) is 0 Å². The van der Waals surface area contributed by atoms with Crippen molar-refractivity contribution in [2.45, 2.75) is 13.0 Å². The number of nitrogens with zero attached hydrogens (tertiary/aromatic N) is 2. The Kier molecular flexibility index (Phi) is 4.30. The van der Waals surface area contributed by atoms with Gasteiger partial charge in [-0.25, -0.2) is 4.79 Å². The van der Waals surface area contributed by atoms with Gasteiger partial charge in [0.25, 0.3) is 0 Å². The zero-order valence-corrected chi connectivity index (χ0v) is 11.0. The first-order valence-electron chi connectivity index (χ1n) is 6.18. The number of hydrogen-bond acceptors (Lipinski definition) is 3. The lowest BCUT2D eigenvalue weighted by Gasteiger charge is -2.14. The largest absolute Gasteiger partial charge is 0.330 e. The molecule has 100 valence electrons. The van der Waals surface area contributed by atoms with Gasteiger partial charge in [-0.15, -0.1) is 0 Å². The smallest absolute Gasteiger partial charge is 0.319 e. The number of nitriles is 1. The van der Waals surface area contributed by atoms with Crippen LogP contribution in [0.4, 0.5) is 10.5 Å². The van der Waals surface area contributed by atoms with Gasteiger partial charge in [0.15, 0.2) is 0 Å². The number of nitrogens with one attached hydrogen (secondary N) is 2. The minimum atomic E-state index is -0.370. The molecule has 1 aromatic heterocycles. The molecule has 20 heavy (non-hydrogen) atoms. The lowest BCUT2D eigenvalue weighted by atomic mass is 10.2. The average molecular weight is 266 g/mol. The average Bonchev–Trinajstić information content (AvgIpc) is 2.48. The van der Waals surface area contributed by atoms with Crippen LogP contribution in [0.2, 0.25) is 0 Å². The summed E-state index contributed by atoms with van der Waals surface area (Å²) in [5, 5.41) is 14.4. The number of hydrogen-bond donors (Lipinski definition) is 2. The number of para-hydroxylation sites is 1. The second-order valence-corrected chi connectivity index (χ2v) is 4.23. The lowest BCUT2D eigenvalue weighted by molar-refractivity contribution is 0.249. The van der Waals surface area contributed by atoms with Crippen molar-refractivity contribution in [1.82, 2.24) is 10.3 Å². The number of amides is 2. The van der Waals surface area contributed by atoms with Crippen molar-refractivity contribution in [1.29, 1.82) is 5.26 Å². The molecular weight excluding hydrogens is 252 g/mol. The molecular formula is C15H14N4O. The normalized spacial score (nSPS) is 11.2. The number of anilines is 1. The number of benzene rings is 1. The van der Waals surface area contributed by atoms with Crippen LogP contribution in [-0.2, 0) is 0 Å². The van der Waals surface area contributed by atoms with Crippen molar-refractivity contribution in [3.63, 3.8) is 0 Å². The first-order valence-corrected chi connectivity index (χ1v) is 6.18. The highest BCUT2D eigenvalue weighted by molar-refractivity contribution is 5.90. The van der Waals surface area contributed by atoms with Crippen molar-refractivity contribution >= 4 is 11.7 Å². The lowest BCUT2D eigenvalue weighted by Crippen LogP contribution is -2.31. The summed E-state index contributed by atoms with van der Waals surface area (Å²) in [5.74, 6) is 0. The third kappa shape index (κ3) is 3.33. The van der Waals surface area contributed by atoms with Crippen LogP contribution >= 0.6 is 0 Å². The van der Waals surface area contributed by atoms with Gasteiger partial charge in [0.1, 0.15) is 6.07 Å². The quantitative estimate of drug-likeness (QED) is 0.896. The molecule has 1 atom stereocenters. The van der Waals surface area contributed by atoms with Gasteiger partial charge in [0.05, 0.1) is 23.0 Å². The van der Waals surface area contributed by atoms with Crippen LogP contribution < -0.4 is 10.6 Å². The molecule has 0 fully saturated rings. The summed E-state index contributed by atoms with van der Waals surface area (Å²) in [6.45, 7) is 1.85. The Morgan fingerprint density at radius 1 is 1.25 bits per heavy atom. The Balaban J connectivity index is 2.01. The van der Waals surface area contributed by atoms with Crippen LogP contribution in [0.5, 0.6) is 0 Å². The van der Waals surface area contributed by atoms with E-state index < -0.39 is 0 Å². The van der Waals surface area contributed by atoms with Crippen LogP contribution in [0.25, 0.3) is 0 Å². The van der Waals surface area contributed by atoms with Crippen LogP contribution in [0.1, 0.15) is 24.2 Å². The predicted octanol–water partition coefficient (Wildman–Crippen LogP) is 2.84. The molecule has 5 heteroatoms. The summed E-state index contributed by atoms with van der Waals surface area (Å²) in [6.07, 6.45) is 1.68. The number of carbonyl (C=O) groups is 1. The number of pyridine rings is 1. The Hall–Kier alpha value is -2.87. The summed E-state index contributed by atoms with van der Waals surface area (Å²) in [5.41, 5.74) is 1.69. The van der Waals surface area contributed by atoms with Gasteiger partial charge in [0.2, 0.25) is 0 Å². The molecule has 1 heterocycles. The predicted molar refractivity (Wildman–Crippen MR) is 76.0 cm³/mol. The summed E-state index contributed by atoms with van der Waals surface area (Å²) in [6, 6.07) is 13.8. The highest BCUT2D eigenvalue weighted by atomic mass is 16.2. The van der Waals surface area contributed by atoms with Gasteiger partial charge < -0.3 is 10.6 Å². The Morgan fingerprint density at radius 2 is 2.00 bits per heavy atom. The molecule has 0 saturated heterocycles. The second kappa shape index (κ2) is 6.34. The molecule has 0 radical (unpaired) electrons. The molecule has 2 rings (SSSR count). The Bertz CT molecular complexity index is 634. The van der Waals surface area contributed by atoms with E-state index in [4.69, 9.17) is 5.26 Å². The van der Waals surface area contributed by atoms with Crippen LogP contribution in [0.15, 0.2) is 48.7 Å². The van der Waals surface area contributed by atoms with Crippen molar-refractivity contribution in [2.75, 3.05) is 5.32 Å². The SMILES string of the molecule is CC(NC(=O)Nc1ccccc1C#N)c1ccccn1. The Morgan fingerprint density at radius 3 is 2.70 bits per heavy atom. The van der Waals surface area contributed by atoms with Gasteiger partial charge in [0, 0.05) is 6.20 Å². The van der Waals surface area contributed by atoms with E-state index in [-0.39, 0.29) is 12.1 Å². The van der Waals surface area contributed by atoms with E-state index >= 15 is 0 Å². The molecule has 0 bridgehead atoms. The third-order valence-corrected chi connectivity index (χ3v) is 2.77. The van der Waals surface area contributed by atoms with Gasteiger partial charge in [-0.2, -0.15) is 5.26 Å². The van der Waals surface area contributed by atoms with Gasteiger partial charge in [-0.05, 0) is 31.2 Å². The van der Waals surface area contributed by atoms with Crippen LogP contribution in [0.3, 0.4) is 0 Å². The molecule has 2 N–H and O–H groups in total. The van der Waals surface area contributed by atoms with E-state index in [1.807, 2.05) is 31.2 Å². The molecule has 0 aliphatic rings.